The minimum atomic E-state index is -3.47. The van der Waals surface area contributed by atoms with E-state index in [2.05, 4.69) is 0 Å². The molecule has 1 rings (SSSR count). The Balaban J connectivity index is 3.29. The quantitative estimate of drug-likeness (QED) is 0.784. The van der Waals surface area contributed by atoms with E-state index in [0.29, 0.717) is 0 Å². The molecule has 0 heterocycles. The number of hydrogen-bond acceptors (Lipinski definition) is 3. The minimum Gasteiger partial charge on any atom is -0.292 e. The Labute approximate surface area is 100 Å². The number of hydrogen-bond donors (Lipinski definition) is 0. The van der Waals surface area contributed by atoms with E-state index >= 15 is 0 Å². The number of carbonyl (C=O) groups is 1. The van der Waals surface area contributed by atoms with Crippen molar-refractivity contribution >= 4 is 27.2 Å². The molecule has 0 saturated heterocycles. The molecule has 0 fully saturated rings. The number of sulfone groups is 1. The molecule has 0 saturated carbocycles. The molecule has 0 bridgehead atoms. The van der Waals surface area contributed by atoms with Gasteiger partial charge in [-0.25, -0.2) is 8.42 Å². The van der Waals surface area contributed by atoms with Crippen molar-refractivity contribution in [3.05, 3.63) is 34.9 Å². The van der Waals surface area contributed by atoms with Gasteiger partial charge in [-0.2, -0.15) is 0 Å². The SMILES string of the molecule is CC(C)(C(=O)c1ccccc1Cl)S(C)(=O)=O. The number of ketones is 1. The van der Waals surface area contributed by atoms with Crippen LogP contribution in [0.2, 0.25) is 5.02 Å². The van der Waals surface area contributed by atoms with Gasteiger partial charge >= 0.3 is 0 Å². The van der Waals surface area contributed by atoms with E-state index in [0.717, 1.165) is 6.26 Å². The molecule has 0 N–H and O–H groups in total. The third-order valence-electron chi connectivity index (χ3n) is 2.59. The molecule has 0 amide bonds. The van der Waals surface area contributed by atoms with E-state index in [1.54, 1.807) is 18.2 Å². The third kappa shape index (κ3) is 2.28. The number of carbonyl (C=O) groups excluding carboxylic acids is 1. The summed E-state index contributed by atoms with van der Waals surface area (Å²) in [4.78, 5) is 12.1. The highest BCUT2D eigenvalue weighted by molar-refractivity contribution is 7.92. The Kier molecular flexibility index (Phi) is 3.45. The predicted molar refractivity (Wildman–Crippen MR) is 64.7 cm³/mol. The zero-order valence-corrected chi connectivity index (χ0v) is 10.9. The van der Waals surface area contributed by atoms with E-state index in [4.69, 9.17) is 11.6 Å². The topological polar surface area (TPSA) is 51.2 Å². The fraction of sp³-hybridized carbons (Fsp3) is 0.364. The summed E-state index contributed by atoms with van der Waals surface area (Å²) in [6, 6.07) is 6.43. The van der Waals surface area contributed by atoms with Crippen molar-refractivity contribution in [2.75, 3.05) is 6.26 Å². The molecule has 0 aromatic heterocycles. The first kappa shape index (κ1) is 13.2. The van der Waals surface area contributed by atoms with Gasteiger partial charge in [0.1, 0.15) is 4.75 Å². The monoisotopic (exact) mass is 260 g/mol. The van der Waals surface area contributed by atoms with Gasteiger partial charge in [0.05, 0.1) is 5.02 Å². The first-order chi connectivity index (χ1) is 7.18. The van der Waals surface area contributed by atoms with Gasteiger partial charge in [0.15, 0.2) is 15.6 Å². The van der Waals surface area contributed by atoms with Crippen molar-refractivity contribution < 1.29 is 13.2 Å². The van der Waals surface area contributed by atoms with Crippen molar-refractivity contribution in [2.24, 2.45) is 0 Å². The lowest BCUT2D eigenvalue weighted by Gasteiger charge is -2.21. The van der Waals surface area contributed by atoms with Crippen molar-refractivity contribution in [3.8, 4) is 0 Å². The molecule has 0 aliphatic heterocycles. The first-order valence-electron chi connectivity index (χ1n) is 4.67. The lowest BCUT2D eigenvalue weighted by molar-refractivity contribution is 0.0954. The molecule has 0 radical (unpaired) electrons. The van der Waals surface area contributed by atoms with Gasteiger partial charge in [-0.1, -0.05) is 23.7 Å². The molecule has 5 heteroatoms. The Morgan fingerprint density at radius 2 is 1.75 bits per heavy atom. The normalized spacial score (nSPS) is 12.5. The highest BCUT2D eigenvalue weighted by Gasteiger charge is 2.39. The van der Waals surface area contributed by atoms with Gasteiger partial charge in [0.25, 0.3) is 0 Å². The van der Waals surface area contributed by atoms with E-state index < -0.39 is 20.4 Å². The van der Waals surface area contributed by atoms with E-state index in [-0.39, 0.29) is 10.6 Å². The van der Waals surface area contributed by atoms with Crippen LogP contribution in [0.25, 0.3) is 0 Å². The van der Waals surface area contributed by atoms with E-state index in [1.165, 1.54) is 19.9 Å². The first-order valence-corrected chi connectivity index (χ1v) is 6.94. The molecular formula is C11H13ClO3S. The summed E-state index contributed by atoms with van der Waals surface area (Å²) in [6.07, 6.45) is 1.04. The molecular weight excluding hydrogens is 248 g/mol. The molecule has 0 atom stereocenters. The second-order valence-corrected chi connectivity index (χ2v) is 7.06. The van der Waals surface area contributed by atoms with Crippen molar-refractivity contribution in [3.63, 3.8) is 0 Å². The second-order valence-electron chi connectivity index (χ2n) is 4.09. The van der Waals surface area contributed by atoms with E-state index in [9.17, 15) is 13.2 Å². The van der Waals surface area contributed by atoms with Crippen LogP contribution in [0.3, 0.4) is 0 Å². The Morgan fingerprint density at radius 1 is 1.25 bits per heavy atom. The molecule has 0 unspecified atom stereocenters. The number of Topliss-reactive ketones (excluding diaryl/α,β-unsaturated/α-hetero) is 1. The van der Waals surface area contributed by atoms with Gasteiger partial charge in [-0.3, -0.25) is 4.79 Å². The van der Waals surface area contributed by atoms with Gasteiger partial charge < -0.3 is 0 Å². The maximum absolute atomic E-state index is 12.1. The van der Waals surface area contributed by atoms with Gasteiger partial charge in [-0.05, 0) is 26.0 Å². The predicted octanol–water partition coefficient (Wildman–Crippen LogP) is 2.35. The Morgan fingerprint density at radius 3 is 2.19 bits per heavy atom. The highest BCUT2D eigenvalue weighted by Crippen LogP contribution is 2.25. The lowest BCUT2D eigenvalue weighted by Crippen LogP contribution is -2.40. The van der Waals surface area contributed by atoms with Crippen molar-refractivity contribution in [1.29, 1.82) is 0 Å². The zero-order valence-electron chi connectivity index (χ0n) is 9.32. The van der Waals surface area contributed by atoms with Crippen LogP contribution < -0.4 is 0 Å². The number of halogens is 1. The average molecular weight is 261 g/mol. The van der Waals surface area contributed by atoms with Gasteiger partial charge in [-0.15, -0.1) is 0 Å². The van der Waals surface area contributed by atoms with Crippen LogP contribution >= 0.6 is 11.6 Å². The van der Waals surface area contributed by atoms with Gasteiger partial charge in [0, 0.05) is 11.8 Å². The smallest absolute Gasteiger partial charge is 0.184 e. The van der Waals surface area contributed by atoms with Crippen LogP contribution in [0.1, 0.15) is 24.2 Å². The van der Waals surface area contributed by atoms with Crippen molar-refractivity contribution in [2.45, 2.75) is 18.6 Å². The molecule has 0 aliphatic carbocycles. The summed E-state index contributed by atoms with van der Waals surface area (Å²) < 4.78 is 21.6. The molecule has 0 aliphatic rings. The largest absolute Gasteiger partial charge is 0.292 e. The number of benzene rings is 1. The fourth-order valence-electron chi connectivity index (χ4n) is 1.14. The highest BCUT2D eigenvalue weighted by atomic mass is 35.5. The number of rotatable bonds is 3. The Bertz CT molecular complexity index is 518. The summed E-state index contributed by atoms with van der Waals surface area (Å²) in [5, 5.41) is 0.268. The maximum atomic E-state index is 12.1. The van der Waals surface area contributed by atoms with E-state index in [1.807, 2.05) is 0 Å². The minimum absolute atomic E-state index is 0.236. The zero-order chi connectivity index (χ0) is 12.6. The maximum Gasteiger partial charge on any atom is 0.184 e. The molecule has 1 aromatic rings. The van der Waals surface area contributed by atoms with Crippen LogP contribution in [-0.4, -0.2) is 25.2 Å². The average Bonchev–Trinajstić information content (AvgIpc) is 2.15. The van der Waals surface area contributed by atoms with Crippen LogP contribution in [0.15, 0.2) is 24.3 Å². The lowest BCUT2D eigenvalue weighted by atomic mass is 10.0. The Hall–Kier alpha value is -0.870. The summed E-state index contributed by atoms with van der Waals surface area (Å²) in [5.74, 6) is -0.486. The molecule has 88 valence electrons. The van der Waals surface area contributed by atoms with Crippen LogP contribution in [0.4, 0.5) is 0 Å². The van der Waals surface area contributed by atoms with Crippen LogP contribution in [0.5, 0.6) is 0 Å². The third-order valence-corrected chi connectivity index (χ3v) is 4.96. The summed E-state index contributed by atoms with van der Waals surface area (Å²) in [6.45, 7) is 2.77. The summed E-state index contributed by atoms with van der Waals surface area (Å²) in [7, 11) is -3.47. The molecule has 16 heavy (non-hydrogen) atoms. The van der Waals surface area contributed by atoms with Crippen LogP contribution in [-0.2, 0) is 9.84 Å². The molecule has 1 aromatic carbocycles. The van der Waals surface area contributed by atoms with Crippen molar-refractivity contribution in [1.82, 2.24) is 0 Å². The summed E-state index contributed by atoms with van der Waals surface area (Å²) >= 11 is 5.86. The second kappa shape index (κ2) is 4.18. The fourth-order valence-corrected chi connectivity index (χ4v) is 1.81. The van der Waals surface area contributed by atoms with Gasteiger partial charge in [0.2, 0.25) is 0 Å². The standard InChI is InChI=1S/C11H13ClO3S/c1-11(2,16(3,14)15)10(13)8-6-4-5-7-9(8)12/h4-7H,1-3H3. The summed E-state index contributed by atoms with van der Waals surface area (Å²) in [5.41, 5.74) is 0.236. The molecule has 0 spiro atoms. The van der Waals surface area contributed by atoms with Crippen LogP contribution in [0, 0.1) is 0 Å². The molecule has 3 nitrogen and oxygen atoms in total.